The Bertz CT molecular complexity index is 847. The first-order valence-corrected chi connectivity index (χ1v) is 8.80. The Morgan fingerprint density at radius 2 is 1.93 bits per heavy atom. The fourth-order valence-electron chi connectivity index (χ4n) is 3.80. The number of ether oxygens (including phenoxy) is 1. The lowest BCUT2D eigenvalue weighted by Gasteiger charge is -2.37. The van der Waals surface area contributed by atoms with Crippen molar-refractivity contribution in [2.45, 2.75) is 26.8 Å². The van der Waals surface area contributed by atoms with E-state index >= 15 is 0 Å². The molecule has 2 aromatic rings. The van der Waals surface area contributed by atoms with E-state index in [1.165, 1.54) is 6.92 Å². The highest BCUT2D eigenvalue weighted by Crippen LogP contribution is 2.32. The number of H-pyrrole nitrogens is 1. The first kappa shape index (κ1) is 21.0. The molecule has 2 N–H and O–H groups in total. The van der Waals surface area contributed by atoms with E-state index in [2.05, 4.69) is 10.3 Å². The van der Waals surface area contributed by atoms with Crippen molar-refractivity contribution in [3.63, 3.8) is 0 Å². The minimum atomic E-state index is -0.129. The molecule has 0 saturated carbocycles. The van der Waals surface area contributed by atoms with Gasteiger partial charge in [0.25, 0.3) is 5.91 Å². The maximum absolute atomic E-state index is 13.3. The molecule has 7 heteroatoms. The van der Waals surface area contributed by atoms with Crippen molar-refractivity contribution in [1.82, 2.24) is 15.2 Å². The lowest BCUT2D eigenvalue weighted by molar-refractivity contribution is 0.0625. The minimum Gasteiger partial charge on any atom is -0.496 e. The van der Waals surface area contributed by atoms with Crippen LogP contribution in [0.1, 0.15) is 50.6 Å². The van der Waals surface area contributed by atoms with Gasteiger partial charge in [-0.2, -0.15) is 0 Å². The van der Waals surface area contributed by atoms with Gasteiger partial charge in [-0.25, -0.2) is 0 Å². The van der Waals surface area contributed by atoms with Gasteiger partial charge in [0.05, 0.1) is 13.2 Å². The summed E-state index contributed by atoms with van der Waals surface area (Å²) < 4.78 is 5.49. The molecule has 2 heterocycles. The number of carbonyl (C=O) groups is 2. The van der Waals surface area contributed by atoms with Gasteiger partial charge in [0.15, 0.2) is 5.78 Å². The maximum Gasteiger partial charge on any atom is 0.271 e. The van der Waals surface area contributed by atoms with Crippen LogP contribution in [0, 0.1) is 13.8 Å². The minimum absolute atomic E-state index is 0. The third kappa shape index (κ3) is 3.87. The van der Waals surface area contributed by atoms with E-state index in [1.54, 1.807) is 7.11 Å². The monoisotopic (exact) mass is 391 g/mol. The predicted molar refractivity (Wildman–Crippen MR) is 107 cm³/mol. The van der Waals surface area contributed by atoms with E-state index in [0.717, 1.165) is 29.1 Å². The molecule has 3 rings (SSSR count). The number of piperazine rings is 1. The Morgan fingerprint density at radius 3 is 2.56 bits per heavy atom. The summed E-state index contributed by atoms with van der Waals surface area (Å²) in [6.07, 6.45) is 0. The molecule has 0 bridgehead atoms. The summed E-state index contributed by atoms with van der Waals surface area (Å²) in [5.74, 6) is 0.648. The number of benzene rings is 1. The molecule has 27 heavy (non-hydrogen) atoms. The van der Waals surface area contributed by atoms with Crippen molar-refractivity contribution in [1.29, 1.82) is 0 Å². The van der Waals surface area contributed by atoms with E-state index in [1.807, 2.05) is 43.0 Å². The summed E-state index contributed by atoms with van der Waals surface area (Å²) in [6.45, 7) is 7.16. The van der Waals surface area contributed by atoms with Crippen molar-refractivity contribution in [2.75, 3.05) is 26.7 Å². The van der Waals surface area contributed by atoms with Gasteiger partial charge in [-0.15, -0.1) is 12.4 Å². The standard InChI is InChI=1S/C20H25N3O3.ClH/c1-12-18(14(3)24)13(2)22-19(12)20(25)23-10-9-21-11-16(23)15-7-5-6-8-17(15)26-4;/h5-8,16,21-22H,9-11H2,1-4H3;1H. The summed E-state index contributed by atoms with van der Waals surface area (Å²) in [7, 11) is 1.64. The van der Waals surface area contributed by atoms with E-state index in [0.29, 0.717) is 24.3 Å². The van der Waals surface area contributed by atoms with Crippen LogP contribution in [0.3, 0.4) is 0 Å². The van der Waals surface area contributed by atoms with Gasteiger partial charge in [0, 0.05) is 36.5 Å². The van der Waals surface area contributed by atoms with Crippen LogP contribution in [0.2, 0.25) is 0 Å². The number of aromatic nitrogens is 1. The zero-order chi connectivity index (χ0) is 18.8. The second kappa shape index (κ2) is 8.59. The number of amides is 1. The molecule has 1 aromatic heterocycles. The molecular formula is C20H26ClN3O3. The normalized spacial score (nSPS) is 16.6. The van der Waals surface area contributed by atoms with Crippen LogP contribution in [-0.4, -0.2) is 48.3 Å². The van der Waals surface area contributed by atoms with Gasteiger partial charge in [0.2, 0.25) is 0 Å². The highest BCUT2D eigenvalue weighted by molar-refractivity contribution is 6.02. The molecule has 1 fully saturated rings. The molecule has 0 radical (unpaired) electrons. The Hall–Kier alpha value is -2.31. The number of para-hydroxylation sites is 1. The molecule has 0 spiro atoms. The number of halogens is 1. The van der Waals surface area contributed by atoms with Gasteiger partial charge in [-0.05, 0) is 32.4 Å². The fourth-order valence-corrected chi connectivity index (χ4v) is 3.80. The van der Waals surface area contributed by atoms with Crippen LogP contribution in [0.4, 0.5) is 0 Å². The third-order valence-electron chi connectivity index (χ3n) is 5.01. The number of aromatic amines is 1. The Kier molecular flexibility index (Phi) is 6.68. The number of hydrogen-bond acceptors (Lipinski definition) is 4. The molecule has 1 aliphatic rings. The molecule has 0 aliphatic carbocycles. The van der Waals surface area contributed by atoms with Crippen molar-refractivity contribution in [2.24, 2.45) is 0 Å². The molecule has 1 aliphatic heterocycles. The quantitative estimate of drug-likeness (QED) is 0.785. The second-order valence-corrected chi connectivity index (χ2v) is 6.64. The van der Waals surface area contributed by atoms with Crippen molar-refractivity contribution in [3.05, 3.63) is 52.3 Å². The number of hydrogen-bond donors (Lipinski definition) is 2. The number of rotatable bonds is 4. The summed E-state index contributed by atoms with van der Waals surface area (Å²) in [5, 5.41) is 3.36. The zero-order valence-electron chi connectivity index (χ0n) is 16.1. The SMILES string of the molecule is COc1ccccc1C1CNCCN1C(=O)c1[nH]c(C)c(C(C)=O)c1C.Cl. The molecule has 1 aromatic carbocycles. The van der Waals surface area contributed by atoms with Gasteiger partial charge in [-0.3, -0.25) is 9.59 Å². The molecule has 1 unspecified atom stereocenters. The zero-order valence-corrected chi connectivity index (χ0v) is 16.9. The van der Waals surface area contributed by atoms with Gasteiger partial charge in [0.1, 0.15) is 11.4 Å². The van der Waals surface area contributed by atoms with Crippen LogP contribution in [0.15, 0.2) is 24.3 Å². The smallest absolute Gasteiger partial charge is 0.271 e. The number of nitrogens with zero attached hydrogens (tertiary/aromatic N) is 1. The first-order chi connectivity index (χ1) is 12.5. The Labute approximate surface area is 165 Å². The van der Waals surface area contributed by atoms with Gasteiger partial charge >= 0.3 is 0 Å². The van der Waals surface area contributed by atoms with Crippen molar-refractivity contribution < 1.29 is 14.3 Å². The van der Waals surface area contributed by atoms with Gasteiger partial charge < -0.3 is 19.9 Å². The van der Waals surface area contributed by atoms with E-state index < -0.39 is 0 Å². The summed E-state index contributed by atoms with van der Waals surface area (Å²) in [6, 6.07) is 7.64. The maximum atomic E-state index is 13.3. The number of Topliss-reactive ketones (excluding diaryl/α,β-unsaturated/α-hetero) is 1. The first-order valence-electron chi connectivity index (χ1n) is 8.80. The number of nitrogens with one attached hydrogen (secondary N) is 2. The number of aryl methyl sites for hydroxylation is 1. The molecule has 1 atom stereocenters. The van der Waals surface area contributed by atoms with E-state index in [-0.39, 0.29) is 30.1 Å². The van der Waals surface area contributed by atoms with Crippen LogP contribution < -0.4 is 10.1 Å². The summed E-state index contributed by atoms with van der Waals surface area (Å²) in [5.41, 5.74) is 3.54. The third-order valence-corrected chi connectivity index (χ3v) is 5.01. The van der Waals surface area contributed by atoms with E-state index in [4.69, 9.17) is 4.74 Å². The highest BCUT2D eigenvalue weighted by Gasteiger charge is 2.32. The largest absolute Gasteiger partial charge is 0.496 e. The predicted octanol–water partition coefficient (Wildman–Crippen LogP) is 3.05. The lowest BCUT2D eigenvalue weighted by atomic mass is 10.0. The highest BCUT2D eigenvalue weighted by atomic mass is 35.5. The number of carbonyl (C=O) groups excluding carboxylic acids is 2. The molecular weight excluding hydrogens is 366 g/mol. The van der Waals surface area contributed by atoms with Crippen LogP contribution in [-0.2, 0) is 0 Å². The van der Waals surface area contributed by atoms with Crippen LogP contribution in [0.5, 0.6) is 5.75 Å². The molecule has 1 saturated heterocycles. The van der Waals surface area contributed by atoms with E-state index in [9.17, 15) is 9.59 Å². The Morgan fingerprint density at radius 1 is 1.22 bits per heavy atom. The molecule has 1 amide bonds. The van der Waals surface area contributed by atoms with Crippen LogP contribution in [0.25, 0.3) is 0 Å². The average molecular weight is 392 g/mol. The van der Waals surface area contributed by atoms with Crippen LogP contribution >= 0.6 is 12.4 Å². The van der Waals surface area contributed by atoms with Gasteiger partial charge in [-0.1, -0.05) is 18.2 Å². The molecule has 146 valence electrons. The Balaban J connectivity index is 0.00000261. The van der Waals surface area contributed by atoms with Crippen molar-refractivity contribution >= 4 is 24.1 Å². The topological polar surface area (TPSA) is 74.4 Å². The number of ketones is 1. The summed E-state index contributed by atoms with van der Waals surface area (Å²) in [4.78, 5) is 30.2. The van der Waals surface area contributed by atoms with Crippen molar-refractivity contribution in [3.8, 4) is 5.75 Å². The molecule has 6 nitrogen and oxygen atoms in total. The number of methoxy groups -OCH3 is 1. The summed E-state index contributed by atoms with van der Waals surface area (Å²) >= 11 is 0. The lowest BCUT2D eigenvalue weighted by Crippen LogP contribution is -2.49. The fraction of sp³-hybridized carbons (Fsp3) is 0.400. The second-order valence-electron chi connectivity index (χ2n) is 6.64. The average Bonchev–Trinajstić information content (AvgIpc) is 2.95.